The van der Waals surface area contributed by atoms with E-state index in [0.717, 1.165) is 43.6 Å². The highest BCUT2D eigenvalue weighted by Gasteiger charge is 2.42. The van der Waals surface area contributed by atoms with E-state index in [2.05, 4.69) is 22.5 Å². The average molecular weight is 420 g/mol. The van der Waals surface area contributed by atoms with Crippen molar-refractivity contribution in [2.75, 3.05) is 26.7 Å². The summed E-state index contributed by atoms with van der Waals surface area (Å²) in [5.74, 6) is -0.143. The van der Waals surface area contributed by atoms with Crippen molar-refractivity contribution in [2.45, 2.75) is 31.7 Å². The van der Waals surface area contributed by atoms with Crippen LogP contribution < -0.4 is 10.6 Å². The molecule has 0 unspecified atom stereocenters. The molecule has 150 valence electrons. The summed E-state index contributed by atoms with van der Waals surface area (Å²) in [6.07, 6.45) is 1.58. The van der Waals surface area contributed by atoms with Gasteiger partial charge in [0, 0.05) is 19.2 Å². The number of piperidine rings is 1. The Labute approximate surface area is 175 Å². The second kappa shape index (κ2) is 9.07. The summed E-state index contributed by atoms with van der Waals surface area (Å²) < 4.78 is 0.536. The molecular weight excluding hydrogens is 394 g/mol. The summed E-state index contributed by atoms with van der Waals surface area (Å²) in [5, 5.41) is 5.68. The number of thiophene rings is 1. The molecule has 1 fully saturated rings. The molecule has 1 aliphatic heterocycles. The Hall–Kier alpha value is -1.89. The van der Waals surface area contributed by atoms with Crippen molar-refractivity contribution in [3.05, 3.63) is 56.7 Å². The molecule has 0 saturated carbocycles. The Morgan fingerprint density at radius 1 is 1.21 bits per heavy atom. The van der Waals surface area contributed by atoms with Crippen molar-refractivity contribution in [3.8, 4) is 0 Å². The Bertz CT molecular complexity index is 829. The molecule has 0 spiro atoms. The van der Waals surface area contributed by atoms with Crippen LogP contribution >= 0.6 is 22.9 Å². The molecular formula is C21H26ClN3O2S. The highest BCUT2D eigenvalue weighted by molar-refractivity contribution is 7.18. The molecule has 1 aliphatic rings. The van der Waals surface area contributed by atoms with E-state index >= 15 is 0 Å². The van der Waals surface area contributed by atoms with Crippen LogP contribution in [0.4, 0.5) is 0 Å². The summed E-state index contributed by atoms with van der Waals surface area (Å²) in [4.78, 5) is 28.1. The normalized spacial score (nSPS) is 16.5. The number of nitrogens with zero attached hydrogens (tertiary/aromatic N) is 1. The monoisotopic (exact) mass is 419 g/mol. The summed E-state index contributed by atoms with van der Waals surface area (Å²) in [5.41, 5.74) is 1.30. The molecule has 0 bridgehead atoms. The maximum atomic E-state index is 13.3. The topological polar surface area (TPSA) is 61.4 Å². The number of nitrogens with one attached hydrogen (secondary N) is 2. The van der Waals surface area contributed by atoms with Crippen LogP contribution in [0.25, 0.3) is 0 Å². The molecule has 2 heterocycles. The summed E-state index contributed by atoms with van der Waals surface area (Å²) in [6.45, 7) is 5.27. The average Bonchev–Trinajstić information content (AvgIpc) is 3.12. The maximum absolute atomic E-state index is 13.3. The van der Waals surface area contributed by atoms with Crippen molar-refractivity contribution < 1.29 is 9.59 Å². The van der Waals surface area contributed by atoms with Gasteiger partial charge in [-0.15, -0.1) is 11.3 Å². The van der Waals surface area contributed by atoms with Gasteiger partial charge in [-0.25, -0.2) is 0 Å². The highest BCUT2D eigenvalue weighted by Crippen LogP contribution is 2.36. The second-order valence-corrected chi connectivity index (χ2v) is 8.71. The SMILES string of the molecule is CCN1CCC(C(=O)NCc2cc(C(=O)NC)sc2Cl)(c2ccccc2)CC1. The predicted molar refractivity (Wildman–Crippen MR) is 114 cm³/mol. The molecule has 1 aromatic carbocycles. The number of hydrogen-bond acceptors (Lipinski definition) is 4. The quantitative estimate of drug-likeness (QED) is 0.754. The fourth-order valence-electron chi connectivity index (χ4n) is 3.76. The van der Waals surface area contributed by atoms with Crippen molar-refractivity contribution in [2.24, 2.45) is 0 Å². The zero-order chi connectivity index (χ0) is 20.1. The van der Waals surface area contributed by atoms with Crippen molar-refractivity contribution >= 4 is 34.8 Å². The second-order valence-electron chi connectivity index (χ2n) is 7.05. The minimum absolute atomic E-state index is 0.0261. The van der Waals surface area contributed by atoms with E-state index in [9.17, 15) is 9.59 Å². The lowest BCUT2D eigenvalue weighted by molar-refractivity contribution is -0.128. The van der Waals surface area contributed by atoms with E-state index in [1.54, 1.807) is 13.1 Å². The van der Waals surface area contributed by atoms with Gasteiger partial charge in [0.1, 0.15) is 0 Å². The number of halogens is 1. The smallest absolute Gasteiger partial charge is 0.261 e. The van der Waals surface area contributed by atoms with Crippen LogP contribution in [-0.2, 0) is 16.8 Å². The fraction of sp³-hybridized carbons (Fsp3) is 0.429. The lowest BCUT2D eigenvalue weighted by atomic mass is 9.72. The first kappa shape index (κ1) is 20.8. The van der Waals surface area contributed by atoms with Crippen molar-refractivity contribution in [1.29, 1.82) is 0 Å². The lowest BCUT2D eigenvalue weighted by Crippen LogP contribution is -2.51. The van der Waals surface area contributed by atoms with Crippen LogP contribution in [0.15, 0.2) is 36.4 Å². The third-order valence-corrected chi connectivity index (χ3v) is 7.00. The van der Waals surface area contributed by atoms with Gasteiger partial charge in [0.05, 0.1) is 14.6 Å². The molecule has 0 radical (unpaired) electrons. The first-order chi connectivity index (χ1) is 13.5. The van der Waals surface area contributed by atoms with Gasteiger partial charge in [0.25, 0.3) is 5.91 Å². The highest BCUT2D eigenvalue weighted by atomic mass is 35.5. The van der Waals surface area contributed by atoms with E-state index in [0.29, 0.717) is 15.8 Å². The van der Waals surface area contributed by atoms with Crippen LogP contribution in [0.5, 0.6) is 0 Å². The van der Waals surface area contributed by atoms with Crippen LogP contribution in [0.3, 0.4) is 0 Å². The van der Waals surface area contributed by atoms with E-state index in [-0.39, 0.29) is 11.8 Å². The van der Waals surface area contributed by atoms with Crippen LogP contribution in [0.2, 0.25) is 4.34 Å². The first-order valence-electron chi connectivity index (χ1n) is 9.56. The minimum Gasteiger partial charge on any atom is -0.354 e. The van der Waals surface area contributed by atoms with Crippen molar-refractivity contribution in [3.63, 3.8) is 0 Å². The molecule has 1 aromatic heterocycles. The van der Waals surface area contributed by atoms with Crippen LogP contribution in [-0.4, -0.2) is 43.4 Å². The Morgan fingerprint density at radius 2 is 1.89 bits per heavy atom. The van der Waals surface area contributed by atoms with Gasteiger partial charge in [-0.05, 0) is 44.1 Å². The standard InChI is InChI=1S/C21H26ClN3O2S/c1-3-25-11-9-21(10-12-25,16-7-5-4-6-8-16)20(27)24-14-15-13-17(19(26)23-2)28-18(15)22/h4-8,13H,3,9-12,14H2,1-2H3,(H,23,26)(H,24,27). The number of hydrogen-bond donors (Lipinski definition) is 2. The molecule has 0 aliphatic carbocycles. The third kappa shape index (κ3) is 4.24. The molecule has 0 atom stereocenters. The third-order valence-electron chi connectivity index (χ3n) is 5.57. The van der Waals surface area contributed by atoms with Crippen molar-refractivity contribution in [1.82, 2.24) is 15.5 Å². The van der Waals surface area contributed by atoms with Gasteiger partial charge in [0.15, 0.2) is 0 Å². The van der Waals surface area contributed by atoms with Crippen LogP contribution in [0.1, 0.15) is 40.6 Å². The zero-order valence-electron chi connectivity index (χ0n) is 16.3. The molecule has 1 saturated heterocycles. The largest absolute Gasteiger partial charge is 0.354 e. The molecule has 7 heteroatoms. The molecule has 5 nitrogen and oxygen atoms in total. The molecule has 2 N–H and O–H groups in total. The van der Waals surface area contributed by atoms with Gasteiger partial charge in [0.2, 0.25) is 5.91 Å². The van der Waals surface area contributed by atoms with Gasteiger partial charge < -0.3 is 15.5 Å². The molecule has 2 aromatic rings. The maximum Gasteiger partial charge on any atom is 0.261 e. The molecule has 28 heavy (non-hydrogen) atoms. The number of rotatable bonds is 6. The predicted octanol–water partition coefficient (Wildman–Crippen LogP) is 3.43. The number of amides is 2. The summed E-state index contributed by atoms with van der Waals surface area (Å²) >= 11 is 7.51. The minimum atomic E-state index is -0.529. The van der Waals surface area contributed by atoms with Gasteiger partial charge in [-0.2, -0.15) is 0 Å². The number of carbonyl (C=O) groups excluding carboxylic acids is 2. The molecule has 2 amide bonds. The number of benzene rings is 1. The Balaban J connectivity index is 1.78. The van der Waals surface area contributed by atoms with E-state index in [1.165, 1.54) is 11.3 Å². The van der Waals surface area contributed by atoms with Gasteiger partial charge in [-0.1, -0.05) is 48.9 Å². The van der Waals surface area contributed by atoms with E-state index in [4.69, 9.17) is 11.6 Å². The summed E-state index contributed by atoms with van der Waals surface area (Å²) in [6, 6.07) is 11.8. The van der Waals surface area contributed by atoms with Gasteiger partial charge >= 0.3 is 0 Å². The number of carbonyl (C=O) groups is 2. The lowest BCUT2D eigenvalue weighted by Gasteiger charge is -2.40. The number of likely N-dealkylation sites (tertiary alicyclic amines) is 1. The first-order valence-corrected chi connectivity index (χ1v) is 10.8. The fourth-order valence-corrected chi connectivity index (χ4v) is 4.98. The van der Waals surface area contributed by atoms with E-state index < -0.39 is 5.41 Å². The van der Waals surface area contributed by atoms with Crippen LogP contribution in [0, 0.1) is 0 Å². The zero-order valence-corrected chi connectivity index (χ0v) is 17.8. The van der Waals surface area contributed by atoms with Gasteiger partial charge in [-0.3, -0.25) is 9.59 Å². The molecule has 3 rings (SSSR count). The Morgan fingerprint density at radius 3 is 2.50 bits per heavy atom. The summed E-state index contributed by atoms with van der Waals surface area (Å²) in [7, 11) is 1.59. The Kier molecular flexibility index (Phi) is 6.75. The van der Waals surface area contributed by atoms with E-state index in [1.807, 2.05) is 30.3 Å².